The molecule has 0 saturated heterocycles. The molecule has 0 heterocycles. The Hall–Kier alpha value is -4.18. The smallest absolute Gasteiger partial charge is 0.376 e. The first kappa shape index (κ1) is 27.4. The summed E-state index contributed by atoms with van der Waals surface area (Å²) >= 11 is 0. The fraction of sp³-hybridized carbons (Fsp3) is 0.0833. The Bertz CT molecular complexity index is 1850. The number of benzene rings is 4. The monoisotopic (exact) mass is 604 g/mol. The van der Waals surface area contributed by atoms with Crippen LogP contribution in [-0.2, 0) is 20.2 Å². The molecule has 1 aliphatic carbocycles. The zero-order valence-corrected chi connectivity index (χ0v) is 20.8. The van der Waals surface area contributed by atoms with Gasteiger partial charge in [0, 0.05) is 22.3 Å². The summed E-state index contributed by atoms with van der Waals surface area (Å²) in [5.41, 5.74) is -11.9. The molecule has 0 amide bonds. The minimum Gasteiger partial charge on any atom is -0.376 e. The van der Waals surface area contributed by atoms with Gasteiger partial charge in [-0.25, -0.2) is 0 Å². The summed E-state index contributed by atoms with van der Waals surface area (Å²) in [4.78, 5) is 26.6. The zero-order valence-electron chi connectivity index (χ0n) is 19.1. The van der Waals surface area contributed by atoms with Crippen LogP contribution in [0.15, 0.2) is 60.7 Å². The predicted octanol–water partition coefficient (Wildman–Crippen LogP) is 5.23. The number of hydrogen-bond acceptors (Lipinski definition) is 8. The van der Waals surface area contributed by atoms with Crippen LogP contribution in [0.25, 0.3) is 21.5 Å². The molecule has 0 aromatic heterocycles. The van der Waals surface area contributed by atoms with Crippen LogP contribution >= 0.6 is 0 Å². The fourth-order valence-corrected chi connectivity index (χ4v) is 4.95. The average Bonchev–Trinajstić information content (AvgIpc) is 2.83. The molecule has 0 saturated carbocycles. The third-order valence-corrected chi connectivity index (χ3v) is 7.81. The number of hydrogen-bond donors (Lipinski definition) is 0. The highest BCUT2D eigenvalue weighted by atomic mass is 32.2. The number of carbonyl (C=O) groups is 2. The molecule has 0 atom stereocenters. The average molecular weight is 604 g/mol. The summed E-state index contributed by atoms with van der Waals surface area (Å²) in [5, 5.41) is 0.668. The van der Waals surface area contributed by atoms with E-state index in [4.69, 9.17) is 0 Å². The highest BCUT2D eigenvalue weighted by molar-refractivity contribution is 7.88. The number of fused-ring (bicyclic) bond motifs is 4. The van der Waals surface area contributed by atoms with Crippen molar-refractivity contribution in [3.63, 3.8) is 0 Å². The zero-order chi connectivity index (χ0) is 29.4. The van der Waals surface area contributed by atoms with Crippen LogP contribution in [-0.4, -0.2) is 39.4 Å². The number of carbonyl (C=O) groups excluding carboxylic acids is 2. The van der Waals surface area contributed by atoms with Gasteiger partial charge in [0.2, 0.25) is 0 Å². The van der Waals surface area contributed by atoms with Gasteiger partial charge in [-0.05, 0) is 70.1 Å². The van der Waals surface area contributed by atoms with Gasteiger partial charge in [-0.1, -0.05) is 12.1 Å². The normalized spacial score (nSPS) is 14.2. The van der Waals surface area contributed by atoms with Crippen LogP contribution in [0.3, 0.4) is 0 Å². The van der Waals surface area contributed by atoms with E-state index >= 15 is 0 Å². The van der Waals surface area contributed by atoms with Gasteiger partial charge in [0.15, 0.2) is 11.6 Å². The van der Waals surface area contributed by atoms with Crippen LogP contribution in [0.2, 0.25) is 0 Å². The molecular formula is C24H10F6O8S2. The number of ketones is 2. The van der Waals surface area contributed by atoms with E-state index in [2.05, 4.69) is 8.37 Å². The standard InChI is InChI=1S/C24H10F6O8S2/c25-23(26,27)39(33,34)37-15-3-1-11-7-17-19(9-13(11)5-15)22(32)20-10-14-6-16(38-40(35,36)24(28,29)30)4-2-12(14)8-18(20)21(17)31/h1-10H. The first-order chi connectivity index (χ1) is 18.4. The Morgan fingerprint density at radius 3 is 1.07 bits per heavy atom. The number of alkyl halides is 6. The van der Waals surface area contributed by atoms with Crippen LogP contribution in [0.1, 0.15) is 31.8 Å². The lowest BCUT2D eigenvalue weighted by Gasteiger charge is -2.19. The topological polar surface area (TPSA) is 121 Å². The van der Waals surface area contributed by atoms with E-state index < -0.39 is 54.3 Å². The summed E-state index contributed by atoms with van der Waals surface area (Å²) in [6.45, 7) is 0. The quantitative estimate of drug-likeness (QED) is 0.156. The summed E-state index contributed by atoms with van der Waals surface area (Å²) in [6.07, 6.45) is 0. The summed E-state index contributed by atoms with van der Waals surface area (Å²) < 4.78 is 130. The van der Waals surface area contributed by atoms with E-state index in [1.54, 1.807) is 0 Å². The molecule has 0 N–H and O–H groups in total. The molecule has 8 nitrogen and oxygen atoms in total. The molecular weight excluding hydrogens is 594 g/mol. The van der Waals surface area contributed by atoms with Crippen molar-refractivity contribution in [3.8, 4) is 11.5 Å². The van der Waals surface area contributed by atoms with Crippen LogP contribution in [0.4, 0.5) is 26.3 Å². The third-order valence-electron chi connectivity index (χ3n) is 5.85. The van der Waals surface area contributed by atoms with Crippen molar-refractivity contribution in [2.45, 2.75) is 11.0 Å². The lowest BCUT2D eigenvalue weighted by molar-refractivity contribution is -0.0504. The Morgan fingerprint density at radius 1 is 0.475 bits per heavy atom. The second-order valence-electron chi connectivity index (χ2n) is 8.44. The maximum atomic E-state index is 13.3. The van der Waals surface area contributed by atoms with E-state index in [1.165, 1.54) is 24.3 Å². The van der Waals surface area contributed by atoms with Crippen molar-refractivity contribution in [1.82, 2.24) is 0 Å². The van der Waals surface area contributed by atoms with Gasteiger partial charge in [-0.15, -0.1) is 0 Å². The van der Waals surface area contributed by atoms with E-state index in [-0.39, 0.29) is 43.8 Å². The van der Waals surface area contributed by atoms with Crippen molar-refractivity contribution >= 4 is 53.3 Å². The SMILES string of the molecule is O=C1c2cc3ccc(OS(=O)(=O)C(F)(F)F)cc3cc2C(=O)c2cc3cc(OS(=O)(=O)C(F)(F)F)ccc3cc21. The van der Waals surface area contributed by atoms with E-state index in [9.17, 15) is 52.8 Å². The van der Waals surface area contributed by atoms with Crippen molar-refractivity contribution in [3.05, 3.63) is 82.9 Å². The first-order valence-corrected chi connectivity index (χ1v) is 13.5. The van der Waals surface area contributed by atoms with Gasteiger partial charge in [-0.2, -0.15) is 43.2 Å². The molecule has 5 rings (SSSR count). The van der Waals surface area contributed by atoms with Crippen molar-refractivity contribution in [2.24, 2.45) is 0 Å². The Morgan fingerprint density at radius 2 is 0.775 bits per heavy atom. The van der Waals surface area contributed by atoms with Crippen LogP contribution in [0.5, 0.6) is 11.5 Å². The van der Waals surface area contributed by atoms with Gasteiger partial charge in [0.25, 0.3) is 0 Å². The molecule has 1 aliphatic rings. The lowest BCUT2D eigenvalue weighted by Crippen LogP contribution is -2.28. The molecule has 4 aromatic rings. The largest absolute Gasteiger partial charge is 0.534 e. The van der Waals surface area contributed by atoms with E-state index in [0.29, 0.717) is 0 Å². The van der Waals surface area contributed by atoms with Crippen molar-refractivity contribution in [1.29, 1.82) is 0 Å². The molecule has 4 aromatic carbocycles. The highest BCUT2D eigenvalue weighted by Crippen LogP contribution is 2.36. The lowest BCUT2D eigenvalue weighted by atomic mass is 9.81. The predicted molar refractivity (Wildman–Crippen MR) is 126 cm³/mol. The molecule has 0 bridgehead atoms. The Kier molecular flexibility index (Phi) is 5.93. The van der Waals surface area contributed by atoms with Crippen molar-refractivity contribution in [2.75, 3.05) is 0 Å². The molecule has 40 heavy (non-hydrogen) atoms. The molecule has 0 fully saturated rings. The van der Waals surface area contributed by atoms with Gasteiger partial charge < -0.3 is 8.37 Å². The van der Waals surface area contributed by atoms with Crippen LogP contribution < -0.4 is 8.37 Å². The highest BCUT2D eigenvalue weighted by Gasteiger charge is 2.49. The molecule has 16 heteroatoms. The second-order valence-corrected chi connectivity index (χ2v) is 11.5. The molecule has 208 valence electrons. The van der Waals surface area contributed by atoms with E-state index in [0.717, 1.165) is 36.4 Å². The minimum atomic E-state index is -5.97. The van der Waals surface area contributed by atoms with Crippen molar-refractivity contribution < 1.29 is 61.1 Å². The van der Waals surface area contributed by atoms with Gasteiger partial charge in [0.05, 0.1) is 0 Å². The first-order valence-electron chi connectivity index (χ1n) is 10.6. The van der Waals surface area contributed by atoms with Gasteiger partial charge in [-0.3, -0.25) is 9.59 Å². The fourth-order valence-electron chi connectivity index (χ4n) is 4.04. The molecule has 0 radical (unpaired) electrons. The maximum absolute atomic E-state index is 13.3. The number of rotatable bonds is 4. The van der Waals surface area contributed by atoms with Gasteiger partial charge in [0.1, 0.15) is 11.5 Å². The van der Waals surface area contributed by atoms with Gasteiger partial charge >= 0.3 is 31.3 Å². The Balaban J connectivity index is 1.57. The summed E-state index contributed by atoms with van der Waals surface area (Å²) in [6, 6.07) is 11.0. The second kappa shape index (κ2) is 8.66. The molecule has 0 aliphatic heterocycles. The minimum absolute atomic E-state index is 0.0582. The van der Waals surface area contributed by atoms with Crippen LogP contribution in [0, 0.1) is 0 Å². The molecule has 0 unspecified atom stereocenters. The molecule has 0 spiro atoms. The Labute approximate surface area is 220 Å². The summed E-state index contributed by atoms with van der Waals surface area (Å²) in [5.74, 6) is -2.76. The number of halogens is 6. The van der Waals surface area contributed by atoms with E-state index in [1.807, 2.05) is 0 Å². The maximum Gasteiger partial charge on any atom is 0.534 e. The third kappa shape index (κ3) is 4.52. The summed E-state index contributed by atoms with van der Waals surface area (Å²) in [7, 11) is -11.9.